The highest BCUT2D eigenvalue weighted by molar-refractivity contribution is 5.96. The lowest BCUT2D eigenvalue weighted by atomic mass is 9.97. The second-order valence-electron chi connectivity index (χ2n) is 15.3. The van der Waals surface area contributed by atoms with Crippen LogP contribution in [0.5, 0.6) is 0 Å². The zero-order valence-corrected chi connectivity index (χ0v) is 32.4. The lowest BCUT2D eigenvalue weighted by Crippen LogP contribution is -2.59. The summed E-state index contributed by atoms with van der Waals surface area (Å²) in [6.45, 7) is 16.0. The number of unbranched alkanes of at least 4 members (excludes halogenated alkanes) is 2. The van der Waals surface area contributed by atoms with E-state index in [0.29, 0.717) is 45.2 Å². The Hall–Kier alpha value is -3.30. The van der Waals surface area contributed by atoms with Crippen LogP contribution in [0.2, 0.25) is 0 Å². The number of nitrogens with two attached hydrogens (primary N) is 3. The quantitative estimate of drug-likeness (QED) is 0.0548. The van der Waals surface area contributed by atoms with Gasteiger partial charge < -0.3 is 48.9 Å². The van der Waals surface area contributed by atoms with Crippen LogP contribution in [0.3, 0.4) is 0 Å². The van der Waals surface area contributed by atoms with E-state index in [9.17, 15) is 33.9 Å². The van der Waals surface area contributed by atoms with Crippen LogP contribution in [0.15, 0.2) is 0 Å². The Kier molecular flexibility index (Phi) is 24.0. The summed E-state index contributed by atoms with van der Waals surface area (Å²) >= 11 is 0. The van der Waals surface area contributed by atoms with Crippen LogP contribution in [0, 0.1) is 23.7 Å². The normalized spacial score (nSPS) is 15.1. The highest BCUT2D eigenvalue weighted by Crippen LogP contribution is 2.13. The SMILES string of the molecule is CC(C)C[C@H](NC(=O)[C@H](CC(C)C)NC(=O)[C@H](CC(C)C)NC(=O)[C@H](CC(C)C)NC(=O)[C@@H](N)CCCCN)C(=O)N[C@@H](CCCCN)C(=O)O. The molecule has 51 heavy (non-hydrogen) atoms. The summed E-state index contributed by atoms with van der Waals surface area (Å²) in [5.74, 6) is -4.02. The maximum absolute atomic E-state index is 13.8. The van der Waals surface area contributed by atoms with E-state index in [1.54, 1.807) is 0 Å². The second-order valence-corrected chi connectivity index (χ2v) is 15.3. The summed E-state index contributed by atoms with van der Waals surface area (Å²) in [6, 6.07) is -6.01. The topological polar surface area (TPSA) is 261 Å². The molecule has 0 unspecified atom stereocenters. The number of hydrogen-bond donors (Lipinski definition) is 9. The third-order valence-electron chi connectivity index (χ3n) is 8.23. The van der Waals surface area contributed by atoms with Gasteiger partial charge in [0.1, 0.15) is 30.2 Å². The van der Waals surface area contributed by atoms with Crippen molar-refractivity contribution in [2.24, 2.45) is 40.9 Å². The maximum Gasteiger partial charge on any atom is 0.326 e. The number of carbonyl (C=O) groups excluding carboxylic acids is 5. The van der Waals surface area contributed by atoms with E-state index in [4.69, 9.17) is 17.2 Å². The van der Waals surface area contributed by atoms with Gasteiger partial charge in [0.05, 0.1) is 6.04 Å². The highest BCUT2D eigenvalue weighted by atomic mass is 16.4. The van der Waals surface area contributed by atoms with Gasteiger partial charge in [-0.15, -0.1) is 0 Å². The standard InChI is InChI=1S/C36H70N8O7/c1-21(2)17-27(41-31(45)25(39)13-9-11-15-37)33(47)43-29(19-23(5)6)35(49)44-30(20-24(7)8)34(48)42-28(18-22(3)4)32(46)40-26(36(50)51)14-10-12-16-38/h21-30H,9-20,37-39H2,1-8H3,(H,40,46)(H,41,45)(H,42,48)(H,43,47)(H,44,49)(H,50,51)/t25-,26-,27-,28-,29-,30-/m0/s1. The van der Waals surface area contributed by atoms with E-state index in [1.807, 2.05) is 55.4 Å². The van der Waals surface area contributed by atoms with Crippen molar-refractivity contribution >= 4 is 35.5 Å². The minimum absolute atomic E-state index is 0.0151. The molecule has 0 rings (SSSR count). The molecular weight excluding hydrogens is 656 g/mol. The molecule has 15 nitrogen and oxygen atoms in total. The minimum Gasteiger partial charge on any atom is -0.480 e. The van der Waals surface area contributed by atoms with Gasteiger partial charge in [-0.1, -0.05) is 61.8 Å². The van der Waals surface area contributed by atoms with Gasteiger partial charge >= 0.3 is 5.97 Å². The van der Waals surface area contributed by atoms with Gasteiger partial charge in [0, 0.05) is 0 Å². The molecule has 0 aromatic carbocycles. The van der Waals surface area contributed by atoms with Crippen LogP contribution in [0.25, 0.3) is 0 Å². The second kappa shape index (κ2) is 25.6. The Bertz CT molecular complexity index is 1090. The molecule has 0 aromatic rings. The molecule has 5 amide bonds. The smallest absolute Gasteiger partial charge is 0.326 e. The number of aliphatic carboxylic acids is 1. The fourth-order valence-electron chi connectivity index (χ4n) is 5.57. The predicted octanol–water partition coefficient (Wildman–Crippen LogP) is 1.26. The number of carbonyl (C=O) groups is 6. The van der Waals surface area contributed by atoms with Crippen LogP contribution in [0.4, 0.5) is 0 Å². The van der Waals surface area contributed by atoms with Crippen LogP contribution >= 0.6 is 0 Å². The van der Waals surface area contributed by atoms with Crippen LogP contribution in [-0.2, 0) is 28.8 Å². The summed E-state index contributed by atoms with van der Waals surface area (Å²) in [5.41, 5.74) is 17.2. The first kappa shape index (κ1) is 47.7. The zero-order chi connectivity index (χ0) is 39.3. The monoisotopic (exact) mass is 727 g/mol. The molecule has 0 aliphatic carbocycles. The summed E-state index contributed by atoms with van der Waals surface area (Å²) in [6.07, 6.45) is 4.19. The van der Waals surface area contributed by atoms with E-state index in [-0.39, 0.29) is 49.4 Å². The average molecular weight is 727 g/mol. The molecule has 296 valence electrons. The van der Waals surface area contributed by atoms with Crippen molar-refractivity contribution in [1.29, 1.82) is 0 Å². The van der Waals surface area contributed by atoms with Gasteiger partial charge in [-0.3, -0.25) is 24.0 Å². The van der Waals surface area contributed by atoms with Gasteiger partial charge in [0.15, 0.2) is 0 Å². The van der Waals surface area contributed by atoms with Crippen LogP contribution < -0.4 is 43.8 Å². The summed E-state index contributed by atoms with van der Waals surface area (Å²) in [7, 11) is 0. The molecule has 6 atom stereocenters. The third kappa shape index (κ3) is 21.0. The van der Waals surface area contributed by atoms with E-state index in [2.05, 4.69) is 26.6 Å². The molecule has 0 heterocycles. The molecule has 0 radical (unpaired) electrons. The van der Waals surface area contributed by atoms with Gasteiger partial charge in [0.25, 0.3) is 0 Å². The van der Waals surface area contributed by atoms with Crippen molar-refractivity contribution < 1.29 is 33.9 Å². The number of nitrogens with one attached hydrogen (secondary N) is 5. The zero-order valence-electron chi connectivity index (χ0n) is 32.4. The largest absolute Gasteiger partial charge is 0.480 e. The first-order chi connectivity index (χ1) is 23.8. The number of hydrogen-bond acceptors (Lipinski definition) is 9. The molecular formula is C36H70N8O7. The predicted molar refractivity (Wildman–Crippen MR) is 199 cm³/mol. The molecule has 0 spiro atoms. The van der Waals surface area contributed by atoms with E-state index in [0.717, 1.165) is 6.42 Å². The summed E-state index contributed by atoms with van der Waals surface area (Å²) in [5, 5.41) is 23.3. The van der Waals surface area contributed by atoms with E-state index >= 15 is 0 Å². The molecule has 0 fully saturated rings. The molecule has 0 aliphatic heterocycles. The van der Waals surface area contributed by atoms with Gasteiger partial charge in [-0.25, -0.2) is 4.79 Å². The van der Waals surface area contributed by atoms with Crippen molar-refractivity contribution in [2.45, 2.75) is 156 Å². The Morgan fingerprint density at radius 1 is 0.451 bits per heavy atom. The van der Waals surface area contributed by atoms with Crippen molar-refractivity contribution in [1.82, 2.24) is 26.6 Å². The lowest BCUT2D eigenvalue weighted by Gasteiger charge is -2.29. The Labute approximate surface area is 305 Å². The summed E-state index contributed by atoms with van der Waals surface area (Å²) < 4.78 is 0. The first-order valence-electron chi connectivity index (χ1n) is 18.7. The third-order valence-corrected chi connectivity index (χ3v) is 8.23. The number of amides is 5. The van der Waals surface area contributed by atoms with E-state index in [1.165, 1.54) is 0 Å². The fourth-order valence-corrected chi connectivity index (χ4v) is 5.57. The highest BCUT2D eigenvalue weighted by Gasteiger charge is 2.33. The van der Waals surface area contributed by atoms with Crippen LogP contribution in [0.1, 0.15) is 120 Å². The molecule has 15 heteroatoms. The van der Waals surface area contributed by atoms with Gasteiger partial charge in [0.2, 0.25) is 29.5 Å². The molecule has 0 saturated heterocycles. The van der Waals surface area contributed by atoms with Gasteiger partial charge in [-0.2, -0.15) is 0 Å². The average Bonchev–Trinajstić information content (AvgIpc) is 3.01. The number of carboxylic acid groups (broad SMARTS) is 1. The molecule has 0 bridgehead atoms. The minimum atomic E-state index is -1.18. The van der Waals surface area contributed by atoms with E-state index < -0.39 is 71.8 Å². The van der Waals surface area contributed by atoms with Crippen molar-refractivity contribution in [3.63, 3.8) is 0 Å². The van der Waals surface area contributed by atoms with Gasteiger partial charge in [-0.05, 0) is 94.5 Å². The molecule has 12 N–H and O–H groups in total. The Morgan fingerprint density at radius 2 is 0.725 bits per heavy atom. The Morgan fingerprint density at radius 3 is 1.00 bits per heavy atom. The van der Waals surface area contributed by atoms with Crippen molar-refractivity contribution in [3.05, 3.63) is 0 Å². The molecule has 0 aliphatic rings. The maximum atomic E-state index is 13.8. The summed E-state index contributed by atoms with van der Waals surface area (Å²) in [4.78, 5) is 79.2. The van der Waals surface area contributed by atoms with Crippen LogP contribution in [-0.4, -0.2) is 90.0 Å². The van der Waals surface area contributed by atoms with Crippen molar-refractivity contribution in [3.8, 4) is 0 Å². The Balaban J connectivity index is 6.07. The molecule has 0 saturated carbocycles. The number of rotatable bonds is 27. The molecule has 0 aromatic heterocycles. The fraction of sp³-hybridized carbons (Fsp3) is 0.833. The lowest BCUT2D eigenvalue weighted by molar-refractivity contribution is -0.142. The number of carboxylic acids is 1. The van der Waals surface area contributed by atoms with Crippen molar-refractivity contribution in [2.75, 3.05) is 13.1 Å². The first-order valence-corrected chi connectivity index (χ1v) is 18.7.